The first-order valence-electron chi connectivity index (χ1n) is 5.31. The van der Waals surface area contributed by atoms with Crippen molar-refractivity contribution in [3.05, 3.63) is 0 Å². The van der Waals surface area contributed by atoms with E-state index in [2.05, 4.69) is 0 Å². The van der Waals surface area contributed by atoms with Crippen LogP contribution in [0, 0.1) is 0 Å². The highest BCUT2D eigenvalue weighted by Crippen LogP contribution is 2.24. The second-order valence-electron chi connectivity index (χ2n) is 4.92. The molecule has 0 bridgehead atoms. The largest absolute Gasteiger partial charge is 0.520 e. The van der Waals surface area contributed by atoms with Crippen LogP contribution in [0.5, 0.6) is 0 Å². The van der Waals surface area contributed by atoms with Gasteiger partial charge in [-0.05, 0) is 26.6 Å². The average molecular weight is 232 g/mol. The van der Waals surface area contributed by atoms with Crippen LogP contribution in [-0.2, 0) is 18.7 Å². The molecule has 88 valence electrons. The number of carbonyl (C=O) groups excluding carboxylic acids is 1. The van der Waals surface area contributed by atoms with E-state index in [1.807, 2.05) is 26.6 Å². The summed E-state index contributed by atoms with van der Waals surface area (Å²) in [5, 5.41) is 0. The number of hydrogen-bond donors (Lipinski definition) is 0. The van der Waals surface area contributed by atoms with Gasteiger partial charge in [-0.25, -0.2) is 0 Å². The Morgan fingerprint density at radius 3 is 2.33 bits per heavy atom. The van der Waals surface area contributed by atoms with Gasteiger partial charge in [-0.3, -0.25) is 4.79 Å². The van der Waals surface area contributed by atoms with E-state index in [1.54, 1.807) is 0 Å². The first kappa shape index (κ1) is 12.7. The zero-order valence-corrected chi connectivity index (χ0v) is 11.0. The molecular formula is C10H20O4Si. The Morgan fingerprint density at radius 2 is 1.87 bits per heavy atom. The third kappa shape index (κ3) is 4.77. The molecule has 4 nitrogen and oxygen atoms in total. The summed E-state index contributed by atoms with van der Waals surface area (Å²) in [4.78, 5) is 11.5. The monoisotopic (exact) mass is 232 g/mol. The van der Waals surface area contributed by atoms with Crippen molar-refractivity contribution in [3.8, 4) is 0 Å². The van der Waals surface area contributed by atoms with Crippen LogP contribution in [-0.4, -0.2) is 33.3 Å². The Kier molecular flexibility index (Phi) is 3.91. The summed E-state index contributed by atoms with van der Waals surface area (Å²) < 4.78 is 16.1. The van der Waals surface area contributed by atoms with Crippen molar-refractivity contribution in [1.29, 1.82) is 0 Å². The molecule has 1 aliphatic heterocycles. The van der Waals surface area contributed by atoms with E-state index in [9.17, 15) is 4.79 Å². The lowest BCUT2D eigenvalue weighted by molar-refractivity contribution is -0.157. The third-order valence-electron chi connectivity index (χ3n) is 2.10. The van der Waals surface area contributed by atoms with Crippen molar-refractivity contribution in [2.24, 2.45) is 0 Å². The molecule has 0 N–H and O–H groups in total. The molecule has 0 amide bonds. The fraction of sp³-hybridized carbons (Fsp3) is 0.900. The molecule has 1 aliphatic rings. The van der Waals surface area contributed by atoms with Gasteiger partial charge < -0.3 is 13.9 Å². The molecule has 1 heterocycles. The molecule has 0 aromatic carbocycles. The van der Waals surface area contributed by atoms with Gasteiger partial charge in [0.05, 0.1) is 13.2 Å². The summed E-state index contributed by atoms with van der Waals surface area (Å²) >= 11 is 0. The Hall–Kier alpha value is -0.393. The van der Waals surface area contributed by atoms with Gasteiger partial charge in [-0.2, -0.15) is 0 Å². The van der Waals surface area contributed by atoms with Gasteiger partial charge in [0.2, 0.25) is 8.32 Å². The zero-order chi connectivity index (χ0) is 11.5. The van der Waals surface area contributed by atoms with Crippen LogP contribution in [0.4, 0.5) is 0 Å². The van der Waals surface area contributed by atoms with Gasteiger partial charge in [0.15, 0.2) is 5.79 Å². The molecular weight excluding hydrogens is 212 g/mol. The summed E-state index contributed by atoms with van der Waals surface area (Å²) in [6, 6.07) is 0. The molecule has 0 aromatic heterocycles. The van der Waals surface area contributed by atoms with E-state index >= 15 is 0 Å². The molecule has 1 saturated heterocycles. The van der Waals surface area contributed by atoms with E-state index in [4.69, 9.17) is 13.9 Å². The fourth-order valence-corrected chi connectivity index (χ4v) is 2.21. The van der Waals surface area contributed by atoms with Gasteiger partial charge in [0, 0.05) is 12.8 Å². The van der Waals surface area contributed by atoms with Crippen molar-refractivity contribution >= 4 is 14.3 Å². The molecule has 15 heavy (non-hydrogen) atoms. The summed E-state index contributed by atoms with van der Waals surface area (Å²) in [5.74, 6) is -0.729. The first-order valence-corrected chi connectivity index (χ1v) is 8.71. The maximum absolute atomic E-state index is 11.5. The molecule has 0 unspecified atom stereocenters. The number of ether oxygens (including phenoxy) is 2. The highest BCUT2D eigenvalue weighted by Gasteiger charge is 2.32. The Bertz CT molecular complexity index is 228. The van der Waals surface area contributed by atoms with Crippen LogP contribution in [0.15, 0.2) is 0 Å². The molecule has 0 spiro atoms. The highest BCUT2D eigenvalue weighted by molar-refractivity contribution is 6.71. The van der Waals surface area contributed by atoms with Gasteiger partial charge in [0.1, 0.15) is 0 Å². The fourth-order valence-electron chi connectivity index (χ4n) is 1.42. The van der Waals surface area contributed by atoms with Crippen molar-refractivity contribution in [2.75, 3.05) is 13.2 Å². The normalized spacial score (nSPS) is 20.3. The first-order chi connectivity index (χ1) is 6.81. The molecule has 1 rings (SSSR count). The minimum absolute atomic E-state index is 0.144. The number of carbonyl (C=O) groups is 1. The number of rotatable bonds is 4. The third-order valence-corrected chi connectivity index (χ3v) is 2.94. The molecule has 5 heteroatoms. The lowest BCUT2D eigenvalue weighted by Gasteiger charge is -2.23. The molecule has 0 saturated carbocycles. The van der Waals surface area contributed by atoms with Gasteiger partial charge in [-0.15, -0.1) is 0 Å². The van der Waals surface area contributed by atoms with Gasteiger partial charge in [0.25, 0.3) is 5.97 Å². The smallest absolute Gasteiger partial charge is 0.292 e. The maximum atomic E-state index is 11.5. The minimum atomic E-state index is -1.75. The van der Waals surface area contributed by atoms with E-state index in [0.717, 1.165) is 0 Å². The van der Waals surface area contributed by atoms with Gasteiger partial charge >= 0.3 is 0 Å². The zero-order valence-electron chi connectivity index (χ0n) is 9.96. The quantitative estimate of drug-likeness (QED) is 0.695. The summed E-state index contributed by atoms with van der Waals surface area (Å²) in [6.07, 6.45) is 0.928. The van der Waals surface area contributed by atoms with Crippen LogP contribution < -0.4 is 0 Å². The van der Waals surface area contributed by atoms with E-state index in [1.165, 1.54) is 0 Å². The maximum Gasteiger partial charge on any atom is 0.292 e. The Morgan fingerprint density at radius 1 is 1.33 bits per heavy atom. The predicted octanol–water partition coefficient (Wildman–Crippen LogP) is 1.91. The van der Waals surface area contributed by atoms with Crippen LogP contribution in [0.1, 0.15) is 19.8 Å². The predicted molar refractivity (Wildman–Crippen MR) is 59.0 cm³/mol. The summed E-state index contributed by atoms with van der Waals surface area (Å²) in [5.41, 5.74) is 0. The van der Waals surface area contributed by atoms with Crippen LogP contribution in [0.3, 0.4) is 0 Å². The van der Waals surface area contributed by atoms with Crippen molar-refractivity contribution < 1.29 is 18.7 Å². The standard InChI is InChI=1S/C10H20O4Si/c1-10(12-7-8-13-10)6-5-9(11)14-15(2,3)4/h5-8H2,1-4H3. The molecule has 0 aromatic rings. The van der Waals surface area contributed by atoms with Gasteiger partial charge in [-0.1, -0.05) is 0 Å². The topological polar surface area (TPSA) is 44.8 Å². The van der Waals surface area contributed by atoms with E-state index in [-0.39, 0.29) is 5.97 Å². The SMILES string of the molecule is CC1(CCC(=O)O[Si](C)(C)C)OCCO1. The molecule has 0 aliphatic carbocycles. The van der Waals surface area contributed by atoms with Crippen LogP contribution in [0.25, 0.3) is 0 Å². The van der Waals surface area contributed by atoms with E-state index < -0.39 is 14.1 Å². The molecule has 0 radical (unpaired) electrons. The molecule has 1 fully saturated rings. The van der Waals surface area contributed by atoms with Crippen molar-refractivity contribution in [2.45, 2.75) is 45.2 Å². The Balaban J connectivity index is 2.28. The van der Waals surface area contributed by atoms with E-state index in [0.29, 0.717) is 26.1 Å². The summed E-state index contributed by atoms with van der Waals surface area (Å²) in [7, 11) is -1.75. The average Bonchev–Trinajstić information content (AvgIpc) is 2.47. The van der Waals surface area contributed by atoms with Crippen molar-refractivity contribution in [3.63, 3.8) is 0 Å². The number of hydrogen-bond acceptors (Lipinski definition) is 4. The van der Waals surface area contributed by atoms with Crippen LogP contribution in [0.2, 0.25) is 19.6 Å². The summed E-state index contributed by atoms with van der Waals surface area (Å²) in [6.45, 7) is 9.07. The van der Waals surface area contributed by atoms with Crippen LogP contribution >= 0.6 is 0 Å². The second-order valence-corrected chi connectivity index (χ2v) is 9.35. The lowest BCUT2D eigenvalue weighted by Crippen LogP contribution is -2.31. The highest BCUT2D eigenvalue weighted by atomic mass is 28.4. The minimum Gasteiger partial charge on any atom is -0.520 e. The van der Waals surface area contributed by atoms with Crippen molar-refractivity contribution in [1.82, 2.24) is 0 Å². The Labute approximate surface area is 92.0 Å². The molecule has 0 atom stereocenters. The lowest BCUT2D eigenvalue weighted by atomic mass is 10.2. The second kappa shape index (κ2) is 4.63.